The summed E-state index contributed by atoms with van der Waals surface area (Å²) in [5, 5.41) is 2.99. The molecular formula is C19H23FN2O2. The van der Waals surface area contributed by atoms with Gasteiger partial charge in [0, 0.05) is 18.9 Å². The van der Waals surface area contributed by atoms with E-state index in [-0.39, 0.29) is 17.6 Å². The second-order valence-corrected chi connectivity index (χ2v) is 6.38. The molecule has 1 amide bonds. The van der Waals surface area contributed by atoms with Crippen LogP contribution in [-0.4, -0.2) is 17.4 Å². The van der Waals surface area contributed by atoms with E-state index in [1.54, 1.807) is 18.2 Å². The van der Waals surface area contributed by atoms with Gasteiger partial charge in [-0.2, -0.15) is 0 Å². The SMILES string of the molecule is Cc1oc(-c2ccccc2F)nc1CCNC(=O)C1CCCCC1. The van der Waals surface area contributed by atoms with Crippen LogP contribution in [-0.2, 0) is 11.2 Å². The van der Waals surface area contributed by atoms with Gasteiger partial charge in [0.05, 0.1) is 11.3 Å². The Bertz CT molecular complexity index is 705. The van der Waals surface area contributed by atoms with Gasteiger partial charge in [0.15, 0.2) is 0 Å². The Morgan fingerprint density at radius 2 is 2.04 bits per heavy atom. The number of hydrogen-bond donors (Lipinski definition) is 1. The first-order valence-corrected chi connectivity index (χ1v) is 8.64. The molecule has 24 heavy (non-hydrogen) atoms. The van der Waals surface area contributed by atoms with E-state index in [0.29, 0.717) is 30.2 Å². The molecule has 3 rings (SSSR count). The smallest absolute Gasteiger partial charge is 0.229 e. The van der Waals surface area contributed by atoms with Crippen LogP contribution in [0.15, 0.2) is 28.7 Å². The summed E-state index contributed by atoms with van der Waals surface area (Å²) < 4.78 is 19.4. The van der Waals surface area contributed by atoms with Gasteiger partial charge in [-0.1, -0.05) is 31.4 Å². The highest BCUT2D eigenvalue weighted by atomic mass is 19.1. The summed E-state index contributed by atoms with van der Waals surface area (Å²) in [5.41, 5.74) is 1.12. The van der Waals surface area contributed by atoms with Crippen molar-refractivity contribution < 1.29 is 13.6 Å². The highest BCUT2D eigenvalue weighted by molar-refractivity contribution is 5.78. The Labute approximate surface area is 141 Å². The first-order chi connectivity index (χ1) is 11.6. The second-order valence-electron chi connectivity index (χ2n) is 6.38. The Hall–Kier alpha value is -2.17. The lowest BCUT2D eigenvalue weighted by Gasteiger charge is -2.20. The number of aromatic nitrogens is 1. The van der Waals surface area contributed by atoms with Crippen molar-refractivity contribution in [3.8, 4) is 11.5 Å². The van der Waals surface area contributed by atoms with E-state index in [4.69, 9.17) is 4.42 Å². The molecule has 4 nitrogen and oxygen atoms in total. The molecule has 0 saturated heterocycles. The fraction of sp³-hybridized carbons (Fsp3) is 0.474. The van der Waals surface area contributed by atoms with Crippen molar-refractivity contribution >= 4 is 5.91 Å². The van der Waals surface area contributed by atoms with E-state index in [0.717, 1.165) is 31.4 Å². The molecule has 0 atom stereocenters. The standard InChI is InChI=1S/C19H23FN2O2/c1-13-17(11-12-21-18(23)14-7-3-2-4-8-14)22-19(24-13)15-9-5-6-10-16(15)20/h5-6,9-10,14H,2-4,7-8,11-12H2,1H3,(H,21,23). The van der Waals surface area contributed by atoms with Gasteiger partial charge >= 0.3 is 0 Å². The number of nitrogens with one attached hydrogen (secondary N) is 1. The summed E-state index contributed by atoms with van der Waals surface area (Å²) in [4.78, 5) is 16.5. The third kappa shape index (κ3) is 3.83. The first kappa shape index (κ1) is 16.7. The van der Waals surface area contributed by atoms with Crippen molar-refractivity contribution in [1.82, 2.24) is 10.3 Å². The van der Waals surface area contributed by atoms with Crippen LogP contribution < -0.4 is 5.32 Å². The van der Waals surface area contributed by atoms with Gasteiger partial charge in [-0.05, 0) is 31.9 Å². The molecule has 1 N–H and O–H groups in total. The van der Waals surface area contributed by atoms with Crippen LogP contribution in [0, 0.1) is 18.7 Å². The molecule has 0 unspecified atom stereocenters. The molecule has 0 spiro atoms. The van der Waals surface area contributed by atoms with Crippen LogP contribution in [0.25, 0.3) is 11.5 Å². The Balaban J connectivity index is 1.58. The lowest BCUT2D eigenvalue weighted by atomic mass is 9.89. The predicted molar refractivity (Wildman–Crippen MR) is 89.9 cm³/mol. The fourth-order valence-electron chi connectivity index (χ4n) is 3.22. The van der Waals surface area contributed by atoms with Gasteiger partial charge in [-0.25, -0.2) is 9.37 Å². The molecule has 1 heterocycles. The first-order valence-electron chi connectivity index (χ1n) is 8.64. The number of rotatable bonds is 5. The lowest BCUT2D eigenvalue weighted by Crippen LogP contribution is -2.33. The number of oxazole rings is 1. The number of carbonyl (C=O) groups is 1. The van der Waals surface area contributed by atoms with Crippen molar-refractivity contribution in [3.63, 3.8) is 0 Å². The van der Waals surface area contributed by atoms with Crippen molar-refractivity contribution in [1.29, 1.82) is 0 Å². The molecule has 1 aromatic carbocycles. The Morgan fingerprint density at radius 3 is 2.79 bits per heavy atom. The molecule has 1 fully saturated rings. The van der Waals surface area contributed by atoms with Gasteiger partial charge in [-0.15, -0.1) is 0 Å². The van der Waals surface area contributed by atoms with E-state index in [1.165, 1.54) is 12.5 Å². The minimum atomic E-state index is -0.351. The minimum absolute atomic E-state index is 0.144. The van der Waals surface area contributed by atoms with E-state index in [2.05, 4.69) is 10.3 Å². The van der Waals surface area contributed by atoms with E-state index in [1.807, 2.05) is 6.92 Å². The maximum atomic E-state index is 13.8. The van der Waals surface area contributed by atoms with E-state index < -0.39 is 0 Å². The van der Waals surface area contributed by atoms with Gasteiger partial charge < -0.3 is 9.73 Å². The van der Waals surface area contributed by atoms with Crippen LogP contribution in [0.3, 0.4) is 0 Å². The summed E-state index contributed by atoms with van der Waals surface area (Å²) in [7, 11) is 0. The number of nitrogens with zero attached hydrogens (tertiary/aromatic N) is 1. The highest BCUT2D eigenvalue weighted by Crippen LogP contribution is 2.25. The molecular weight excluding hydrogens is 307 g/mol. The zero-order chi connectivity index (χ0) is 16.9. The molecule has 1 aliphatic carbocycles. The van der Waals surface area contributed by atoms with Crippen LogP contribution in [0.5, 0.6) is 0 Å². The third-order valence-corrected chi connectivity index (χ3v) is 4.63. The zero-order valence-corrected chi connectivity index (χ0v) is 14.0. The summed E-state index contributed by atoms with van der Waals surface area (Å²) in [6.45, 7) is 2.34. The van der Waals surface area contributed by atoms with E-state index >= 15 is 0 Å². The normalized spacial score (nSPS) is 15.4. The molecule has 0 aliphatic heterocycles. The Kier molecular flexibility index (Phi) is 5.28. The lowest BCUT2D eigenvalue weighted by molar-refractivity contribution is -0.125. The average molecular weight is 330 g/mol. The molecule has 128 valence electrons. The van der Waals surface area contributed by atoms with Crippen LogP contribution >= 0.6 is 0 Å². The maximum absolute atomic E-state index is 13.8. The largest absolute Gasteiger partial charge is 0.441 e. The maximum Gasteiger partial charge on any atom is 0.229 e. The molecule has 5 heteroatoms. The quantitative estimate of drug-likeness (QED) is 0.900. The molecule has 2 aromatic rings. The van der Waals surface area contributed by atoms with Crippen molar-refractivity contribution in [2.24, 2.45) is 5.92 Å². The molecule has 1 saturated carbocycles. The summed E-state index contributed by atoms with van der Waals surface area (Å²) in [6, 6.07) is 6.42. The molecule has 0 radical (unpaired) electrons. The van der Waals surface area contributed by atoms with E-state index in [9.17, 15) is 9.18 Å². The molecule has 1 aliphatic rings. The summed E-state index contributed by atoms with van der Waals surface area (Å²) in [6.07, 6.45) is 6.10. The fourth-order valence-corrected chi connectivity index (χ4v) is 3.22. The summed E-state index contributed by atoms with van der Waals surface area (Å²) in [5.74, 6) is 0.909. The van der Waals surface area contributed by atoms with Gasteiger partial charge in [0.25, 0.3) is 0 Å². The number of aryl methyl sites for hydroxylation is 1. The predicted octanol–water partition coefficient (Wildman–Crippen LogP) is 4.03. The zero-order valence-electron chi connectivity index (χ0n) is 14.0. The minimum Gasteiger partial charge on any atom is -0.441 e. The Morgan fingerprint density at radius 1 is 1.29 bits per heavy atom. The second kappa shape index (κ2) is 7.60. The number of benzene rings is 1. The van der Waals surface area contributed by atoms with Gasteiger partial charge in [0.1, 0.15) is 11.6 Å². The van der Waals surface area contributed by atoms with Gasteiger partial charge in [0.2, 0.25) is 11.8 Å². The average Bonchev–Trinajstić information content (AvgIpc) is 2.96. The number of hydrogen-bond acceptors (Lipinski definition) is 3. The van der Waals surface area contributed by atoms with Crippen molar-refractivity contribution in [3.05, 3.63) is 41.5 Å². The van der Waals surface area contributed by atoms with Gasteiger partial charge in [-0.3, -0.25) is 4.79 Å². The van der Waals surface area contributed by atoms with Crippen LogP contribution in [0.4, 0.5) is 4.39 Å². The summed E-state index contributed by atoms with van der Waals surface area (Å²) >= 11 is 0. The van der Waals surface area contributed by atoms with Crippen LogP contribution in [0.2, 0.25) is 0 Å². The topological polar surface area (TPSA) is 55.1 Å². The van der Waals surface area contributed by atoms with Crippen molar-refractivity contribution in [2.45, 2.75) is 45.4 Å². The van der Waals surface area contributed by atoms with Crippen LogP contribution in [0.1, 0.15) is 43.6 Å². The third-order valence-electron chi connectivity index (χ3n) is 4.63. The highest BCUT2D eigenvalue weighted by Gasteiger charge is 2.21. The number of carbonyl (C=O) groups excluding carboxylic acids is 1. The molecule has 0 bridgehead atoms. The molecule has 1 aromatic heterocycles. The number of halogens is 1. The van der Waals surface area contributed by atoms with Crippen molar-refractivity contribution in [2.75, 3.05) is 6.54 Å². The number of amides is 1. The monoisotopic (exact) mass is 330 g/mol.